The van der Waals surface area contributed by atoms with Crippen molar-refractivity contribution in [3.63, 3.8) is 0 Å². The van der Waals surface area contributed by atoms with Crippen molar-refractivity contribution in [2.24, 2.45) is 0 Å². The zero-order valence-electron chi connectivity index (χ0n) is 9.72. The van der Waals surface area contributed by atoms with Crippen LogP contribution in [0.25, 0.3) is 0 Å². The van der Waals surface area contributed by atoms with Crippen LogP contribution in [0.1, 0.15) is 11.1 Å². The van der Waals surface area contributed by atoms with Gasteiger partial charge in [-0.1, -0.05) is 30.3 Å². The summed E-state index contributed by atoms with van der Waals surface area (Å²) < 4.78 is 12.2. The number of nitrogen functional groups attached to an aromatic ring is 1. The molecule has 88 valence electrons. The van der Waals surface area contributed by atoms with E-state index in [0.29, 0.717) is 11.4 Å². The van der Waals surface area contributed by atoms with Gasteiger partial charge < -0.3 is 5.73 Å². The molecule has 2 aromatic rings. The molecule has 0 saturated heterocycles. The second-order valence-electron chi connectivity index (χ2n) is 4.00. The number of hydrogen-bond donors (Lipinski definition) is 1. The first kappa shape index (κ1) is 11.9. The molecule has 0 spiro atoms. The van der Waals surface area contributed by atoms with E-state index in [9.17, 15) is 4.21 Å². The molecule has 0 aliphatic carbocycles. The van der Waals surface area contributed by atoms with Crippen LogP contribution >= 0.6 is 0 Å². The van der Waals surface area contributed by atoms with Crippen molar-refractivity contribution in [2.75, 3.05) is 5.73 Å². The molecule has 0 saturated carbocycles. The third-order valence-corrected chi connectivity index (χ3v) is 4.13. The molecule has 0 bridgehead atoms. The van der Waals surface area contributed by atoms with E-state index in [1.165, 1.54) is 0 Å². The minimum absolute atomic E-state index is 0.547. The monoisotopic (exact) mass is 245 g/mol. The molecule has 0 aromatic heterocycles. The fourth-order valence-corrected chi connectivity index (χ4v) is 3.02. The Kier molecular flexibility index (Phi) is 3.59. The largest absolute Gasteiger partial charge is 0.399 e. The smallest absolute Gasteiger partial charge is 0.0576 e. The molecule has 2 rings (SSSR count). The molecule has 0 fully saturated rings. The summed E-state index contributed by atoms with van der Waals surface area (Å²) in [5, 5.41) is 0. The van der Waals surface area contributed by atoms with Gasteiger partial charge in [0.25, 0.3) is 0 Å². The Labute approximate surface area is 104 Å². The van der Waals surface area contributed by atoms with Gasteiger partial charge in [0.1, 0.15) is 0 Å². The first-order valence-electron chi connectivity index (χ1n) is 5.45. The zero-order valence-corrected chi connectivity index (χ0v) is 10.5. The highest BCUT2D eigenvalue weighted by Crippen LogP contribution is 2.18. The summed E-state index contributed by atoms with van der Waals surface area (Å²) >= 11 is 0. The van der Waals surface area contributed by atoms with E-state index in [4.69, 9.17) is 5.73 Å². The molecule has 2 nitrogen and oxygen atoms in total. The van der Waals surface area contributed by atoms with E-state index in [1.54, 1.807) is 6.07 Å². The predicted molar refractivity (Wildman–Crippen MR) is 72.1 cm³/mol. The standard InChI is InChI=1S/C14H15NOS/c1-11-9-13(15)7-8-14(11)17(16)10-12-5-3-2-4-6-12/h2-9H,10,15H2,1H3. The fourth-order valence-electron chi connectivity index (χ4n) is 1.73. The van der Waals surface area contributed by atoms with E-state index >= 15 is 0 Å². The maximum Gasteiger partial charge on any atom is 0.0576 e. The summed E-state index contributed by atoms with van der Waals surface area (Å²) in [6.45, 7) is 1.94. The van der Waals surface area contributed by atoms with Gasteiger partial charge in [0.05, 0.1) is 16.6 Å². The lowest BCUT2D eigenvalue weighted by atomic mass is 10.2. The van der Waals surface area contributed by atoms with E-state index in [-0.39, 0.29) is 0 Å². The molecular formula is C14H15NOS. The quantitative estimate of drug-likeness (QED) is 0.845. The molecule has 3 heteroatoms. The summed E-state index contributed by atoms with van der Waals surface area (Å²) in [4.78, 5) is 0.864. The maximum absolute atomic E-state index is 12.2. The van der Waals surface area contributed by atoms with Crippen molar-refractivity contribution in [2.45, 2.75) is 17.6 Å². The zero-order chi connectivity index (χ0) is 12.3. The van der Waals surface area contributed by atoms with Crippen LogP contribution < -0.4 is 5.73 Å². The van der Waals surface area contributed by atoms with Gasteiger partial charge in [-0.2, -0.15) is 0 Å². The van der Waals surface area contributed by atoms with E-state index in [0.717, 1.165) is 16.0 Å². The highest BCUT2D eigenvalue weighted by molar-refractivity contribution is 7.84. The lowest BCUT2D eigenvalue weighted by Gasteiger charge is -2.06. The summed E-state index contributed by atoms with van der Waals surface area (Å²) in [5.74, 6) is 0.547. The van der Waals surface area contributed by atoms with E-state index in [2.05, 4.69) is 0 Å². The normalized spacial score (nSPS) is 12.3. The summed E-state index contributed by atoms with van der Waals surface area (Å²) in [7, 11) is -1.01. The Hall–Kier alpha value is -1.61. The number of anilines is 1. The second kappa shape index (κ2) is 5.15. The topological polar surface area (TPSA) is 43.1 Å². The molecule has 2 N–H and O–H groups in total. The van der Waals surface area contributed by atoms with Crippen LogP contribution in [-0.4, -0.2) is 4.21 Å². The van der Waals surface area contributed by atoms with Crippen LogP contribution in [0.15, 0.2) is 53.4 Å². The van der Waals surface area contributed by atoms with Crippen LogP contribution in [0.2, 0.25) is 0 Å². The Bertz CT molecular complexity index is 537. The lowest BCUT2D eigenvalue weighted by Crippen LogP contribution is -1.99. The Morgan fingerprint density at radius 3 is 2.47 bits per heavy atom. The van der Waals surface area contributed by atoms with E-state index < -0.39 is 10.8 Å². The summed E-state index contributed by atoms with van der Waals surface area (Å²) in [6, 6.07) is 15.4. The first-order valence-corrected chi connectivity index (χ1v) is 6.77. The number of nitrogens with two attached hydrogens (primary N) is 1. The molecule has 0 heterocycles. The van der Waals surface area contributed by atoms with Crippen LogP contribution in [0.3, 0.4) is 0 Å². The Morgan fingerprint density at radius 2 is 1.82 bits per heavy atom. The van der Waals surface area contributed by atoms with Crippen LogP contribution in [0, 0.1) is 6.92 Å². The van der Waals surface area contributed by atoms with Crippen LogP contribution in [-0.2, 0) is 16.6 Å². The molecule has 2 aromatic carbocycles. The number of rotatable bonds is 3. The minimum Gasteiger partial charge on any atom is -0.399 e. The number of aryl methyl sites for hydroxylation is 1. The summed E-state index contributed by atoms with van der Waals surface area (Å²) in [6.07, 6.45) is 0. The van der Waals surface area contributed by atoms with Crippen molar-refractivity contribution >= 4 is 16.5 Å². The van der Waals surface area contributed by atoms with Gasteiger partial charge in [-0.15, -0.1) is 0 Å². The van der Waals surface area contributed by atoms with Gasteiger partial charge in [0.2, 0.25) is 0 Å². The van der Waals surface area contributed by atoms with Gasteiger partial charge >= 0.3 is 0 Å². The van der Waals surface area contributed by atoms with Crippen molar-refractivity contribution < 1.29 is 4.21 Å². The molecule has 1 unspecified atom stereocenters. The molecule has 0 amide bonds. The van der Waals surface area contributed by atoms with Crippen molar-refractivity contribution in [3.05, 3.63) is 59.7 Å². The molecule has 0 aliphatic heterocycles. The Balaban J connectivity index is 2.21. The van der Waals surface area contributed by atoms with Gasteiger partial charge in [-0.3, -0.25) is 4.21 Å². The average Bonchev–Trinajstić information content (AvgIpc) is 2.30. The lowest BCUT2D eigenvalue weighted by molar-refractivity contribution is 0.682. The molecule has 17 heavy (non-hydrogen) atoms. The first-order chi connectivity index (χ1) is 8.16. The van der Waals surface area contributed by atoms with Gasteiger partial charge in [0, 0.05) is 10.6 Å². The SMILES string of the molecule is Cc1cc(N)ccc1S(=O)Cc1ccccc1. The minimum atomic E-state index is -1.01. The number of benzene rings is 2. The van der Waals surface area contributed by atoms with Crippen molar-refractivity contribution in [1.82, 2.24) is 0 Å². The third-order valence-electron chi connectivity index (χ3n) is 2.58. The highest BCUT2D eigenvalue weighted by atomic mass is 32.2. The second-order valence-corrected chi connectivity index (χ2v) is 5.42. The van der Waals surface area contributed by atoms with Gasteiger partial charge in [-0.05, 0) is 36.2 Å². The molecule has 0 radical (unpaired) electrons. The predicted octanol–water partition coefficient (Wildman–Crippen LogP) is 2.89. The highest BCUT2D eigenvalue weighted by Gasteiger charge is 2.08. The summed E-state index contributed by atoms with van der Waals surface area (Å²) in [5.41, 5.74) is 8.46. The van der Waals surface area contributed by atoms with E-state index in [1.807, 2.05) is 49.4 Å². The number of hydrogen-bond acceptors (Lipinski definition) is 2. The van der Waals surface area contributed by atoms with Crippen molar-refractivity contribution in [3.8, 4) is 0 Å². The van der Waals surface area contributed by atoms with Gasteiger partial charge in [-0.25, -0.2) is 0 Å². The average molecular weight is 245 g/mol. The molecule has 0 aliphatic rings. The maximum atomic E-state index is 12.2. The van der Waals surface area contributed by atoms with Crippen LogP contribution in [0.5, 0.6) is 0 Å². The Morgan fingerprint density at radius 1 is 1.12 bits per heavy atom. The van der Waals surface area contributed by atoms with Crippen LogP contribution in [0.4, 0.5) is 5.69 Å². The van der Waals surface area contributed by atoms with Gasteiger partial charge in [0.15, 0.2) is 0 Å². The third kappa shape index (κ3) is 2.94. The van der Waals surface area contributed by atoms with Crippen molar-refractivity contribution in [1.29, 1.82) is 0 Å². The molecular weight excluding hydrogens is 230 g/mol. The fraction of sp³-hybridized carbons (Fsp3) is 0.143. The molecule has 1 atom stereocenters.